The van der Waals surface area contributed by atoms with Crippen molar-refractivity contribution < 1.29 is 9.47 Å². The Kier molecular flexibility index (Phi) is 4.30. The molecule has 4 rings (SSSR count). The van der Waals surface area contributed by atoms with E-state index in [-0.39, 0.29) is 6.79 Å². The number of benzene rings is 2. The highest BCUT2D eigenvalue weighted by Crippen LogP contribution is 2.38. The lowest BCUT2D eigenvalue weighted by molar-refractivity contribution is 0.174. The first-order valence-electron chi connectivity index (χ1n) is 7.60. The van der Waals surface area contributed by atoms with Gasteiger partial charge in [-0.15, -0.1) is 10.2 Å². The summed E-state index contributed by atoms with van der Waals surface area (Å²) in [6.07, 6.45) is 0. The van der Waals surface area contributed by atoms with Crippen LogP contribution < -0.4 is 15.3 Å². The molecule has 1 aliphatic rings. The molecule has 8 heteroatoms. The normalized spacial score (nSPS) is 12.6. The van der Waals surface area contributed by atoms with Crippen LogP contribution in [0.25, 0.3) is 11.4 Å². The number of aromatic nitrogens is 3. The highest BCUT2D eigenvalue weighted by atomic mass is 79.9. The number of fused-ring (bicyclic) bond motifs is 1. The van der Waals surface area contributed by atoms with E-state index in [1.54, 1.807) is 0 Å². The molecule has 0 spiro atoms. The van der Waals surface area contributed by atoms with Gasteiger partial charge in [0.1, 0.15) is 0 Å². The van der Waals surface area contributed by atoms with E-state index in [1.807, 2.05) is 43.3 Å². The van der Waals surface area contributed by atoms with Gasteiger partial charge in [-0.3, -0.25) is 0 Å². The van der Waals surface area contributed by atoms with Crippen molar-refractivity contribution in [1.29, 1.82) is 0 Å². The van der Waals surface area contributed by atoms with E-state index < -0.39 is 0 Å². The average Bonchev–Trinajstić information content (AvgIpc) is 3.20. The predicted molar refractivity (Wildman–Crippen MR) is 100 cm³/mol. The van der Waals surface area contributed by atoms with Crippen LogP contribution in [0, 0.1) is 6.92 Å². The predicted octanol–water partition coefficient (Wildman–Crippen LogP) is 3.75. The van der Waals surface area contributed by atoms with Crippen molar-refractivity contribution in [2.75, 3.05) is 12.6 Å². The Labute approximate surface area is 157 Å². The molecule has 0 radical (unpaired) electrons. The van der Waals surface area contributed by atoms with Crippen LogP contribution in [0.2, 0.25) is 0 Å². The van der Waals surface area contributed by atoms with Crippen LogP contribution in [0.3, 0.4) is 0 Å². The van der Waals surface area contributed by atoms with E-state index >= 15 is 0 Å². The zero-order valence-electron chi connectivity index (χ0n) is 13.4. The topological polar surface area (TPSA) is 75.2 Å². The Morgan fingerprint density at radius 2 is 1.88 bits per heavy atom. The molecule has 0 saturated heterocycles. The first-order valence-corrected chi connectivity index (χ1v) is 9.38. The van der Waals surface area contributed by atoms with E-state index in [0.717, 1.165) is 27.1 Å². The molecule has 0 atom stereocenters. The highest BCUT2D eigenvalue weighted by molar-refractivity contribution is 9.10. The number of hydrogen-bond donors (Lipinski definition) is 1. The molecule has 0 bridgehead atoms. The molecule has 2 aromatic carbocycles. The Balaban J connectivity index is 1.53. The van der Waals surface area contributed by atoms with Crippen molar-refractivity contribution >= 4 is 27.7 Å². The van der Waals surface area contributed by atoms with Gasteiger partial charge in [-0.05, 0) is 24.6 Å². The van der Waals surface area contributed by atoms with Gasteiger partial charge in [-0.25, -0.2) is 4.68 Å². The summed E-state index contributed by atoms with van der Waals surface area (Å²) in [4.78, 5) is 0. The van der Waals surface area contributed by atoms with E-state index in [1.165, 1.54) is 22.0 Å². The first kappa shape index (κ1) is 16.3. The van der Waals surface area contributed by atoms with Crippen molar-refractivity contribution in [3.63, 3.8) is 0 Å². The summed E-state index contributed by atoms with van der Waals surface area (Å²) in [5, 5.41) is 9.08. The van der Waals surface area contributed by atoms with E-state index in [2.05, 4.69) is 26.1 Å². The van der Waals surface area contributed by atoms with Crippen molar-refractivity contribution in [3.05, 3.63) is 52.0 Å². The van der Waals surface area contributed by atoms with Crippen LogP contribution in [0.4, 0.5) is 0 Å². The molecule has 2 N–H and O–H groups in total. The number of hydrogen-bond acceptors (Lipinski definition) is 6. The SMILES string of the molecule is Cc1ccc(-c2nnc(SCc3cc4c(cc3Br)OCO4)n2N)cc1. The second-order valence-electron chi connectivity index (χ2n) is 5.63. The van der Waals surface area contributed by atoms with Crippen LogP contribution in [0.1, 0.15) is 11.1 Å². The quantitative estimate of drug-likeness (QED) is 0.513. The molecule has 0 unspecified atom stereocenters. The van der Waals surface area contributed by atoms with E-state index in [0.29, 0.717) is 16.7 Å². The van der Waals surface area contributed by atoms with Crippen LogP contribution in [-0.2, 0) is 5.75 Å². The summed E-state index contributed by atoms with van der Waals surface area (Å²) in [6, 6.07) is 11.9. The van der Waals surface area contributed by atoms with Gasteiger partial charge in [-0.2, -0.15) is 0 Å². The Hall–Kier alpha value is -2.19. The minimum absolute atomic E-state index is 0.259. The molecular formula is C17H15BrN4O2S. The molecule has 0 saturated carbocycles. The third-order valence-electron chi connectivity index (χ3n) is 3.87. The molecule has 128 valence electrons. The summed E-state index contributed by atoms with van der Waals surface area (Å²) in [6.45, 7) is 2.30. The van der Waals surface area contributed by atoms with Gasteiger partial charge >= 0.3 is 0 Å². The highest BCUT2D eigenvalue weighted by Gasteiger charge is 2.18. The molecule has 25 heavy (non-hydrogen) atoms. The van der Waals surface area contributed by atoms with Crippen molar-refractivity contribution in [2.24, 2.45) is 0 Å². The summed E-state index contributed by atoms with van der Waals surface area (Å²) in [5.41, 5.74) is 3.21. The van der Waals surface area contributed by atoms with E-state index in [9.17, 15) is 0 Å². The molecule has 6 nitrogen and oxygen atoms in total. The molecule has 2 heterocycles. The van der Waals surface area contributed by atoms with Crippen LogP contribution in [-0.4, -0.2) is 21.7 Å². The minimum Gasteiger partial charge on any atom is -0.454 e. The van der Waals surface area contributed by atoms with Crippen molar-refractivity contribution in [2.45, 2.75) is 17.8 Å². The maximum atomic E-state index is 6.18. The molecule has 0 aliphatic carbocycles. The lowest BCUT2D eigenvalue weighted by atomic mass is 10.1. The summed E-state index contributed by atoms with van der Waals surface area (Å²) in [5.74, 6) is 9.02. The molecule has 0 amide bonds. The lowest BCUT2D eigenvalue weighted by Gasteiger charge is -2.07. The second-order valence-corrected chi connectivity index (χ2v) is 7.42. The second kappa shape index (κ2) is 6.61. The average molecular weight is 419 g/mol. The van der Waals surface area contributed by atoms with Gasteiger partial charge in [0.05, 0.1) is 0 Å². The largest absolute Gasteiger partial charge is 0.454 e. The van der Waals surface area contributed by atoms with E-state index in [4.69, 9.17) is 15.3 Å². The van der Waals surface area contributed by atoms with Crippen molar-refractivity contribution in [3.8, 4) is 22.9 Å². The summed E-state index contributed by atoms with van der Waals surface area (Å²) >= 11 is 5.08. The number of aryl methyl sites for hydroxylation is 1. The maximum Gasteiger partial charge on any atom is 0.231 e. The number of ether oxygens (including phenoxy) is 2. The van der Waals surface area contributed by atoms with Crippen molar-refractivity contribution in [1.82, 2.24) is 14.9 Å². The molecular weight excluding hydrogens is 404 g/mol. The van der Waals surface area contributed by atoms with Gasteiger partial charge in [0, 0.05) is 15.8 Å². The van der Waals surface area contributed by atoms with Crippen LogP contribution in [0.5, 0.6) is 11.5 Å². The van der Waals surface area contributed by atoms with Crippen LogP contribution in [0.15, 0.2) is 46.0 Å². The smallest absolute Gasteiger partial charge is 0.231 e. The number of nitrogens with zero attached hydrogens (tertiary/aromatic N) is 3. The van der Waals surface area contributed by atoms with Crippen LogP contribution >= 0.6 is 27.7 Å². The number of halogens is 1. The summed E-state index contributed by atoms with van der Waals surface area (Å²) < 4.78 is 13.3. The first-order chi connectivity index (χ1) is 12.1. The monoisotopic (exact) mass is 418 g/mol. The van der Waals surface area contributed by atoms with Gasteiger partial charge < -0.3 is 15.3 Å². The Bertz CT molecular complexity index is 927. The standard InChI is InChI=1S/C17H15BrN4O2S/c1-10-2-4-11(5-3-10)16-20-21-17(22(16)19)25-8-12-6-14-15(7-13(12)18)24-9-23-14/h2-7H,8-9,19H2,1H3. The lowest BCUT2D eigenvalue weighted by Crippen LogP contribution is -2.11. The summed E-state index contributed by atoms with van der Waals surface area (Å²) in [7, 11) is 0. The number of rotatable bonds is 4. The fraction of sp³-hybridized carbons (Fsp3) is 0.176. The third-order valence-corrected chi connectivity index (χ3v) is 5.60. The molecule has 0 fully saturated rings. The number of nitrogens with two attached hydrogens (primary N) is 1. The fourth-order valence-corrected chi connectivity index (χ4v) is 3.98. The minimum atomic E-state index is 0.259. The molecule has 1 aromatic heterocycles. The zero-order chi connectivity index (χ0) is 17.4. The zero-order valence-corrected chi connectivity index (χ0v) is 15.8. The molecule has 3 aromatic rings. The van der Waals surface area contributed by atoms with Gasteiger partial charge in [0.25, 0.3) is 0 Å². The number of nitrogen functional groups attached to an aromatic ring is 1. The third kappa shape index (κ3) is 3.19. The fourth-order valence-electron chi connectivity index (χ4n) is 2.49. The Morgan fingerprint density at radius 3 is 2.64 bits per heavy atom. The Morgan fingerprint density at radius 1 is 1.16 bits per heavy atom. The molecule has 1 aliphatic heterocycles. The van der Waals surface area contributed by atoms with Gasteiger partial charge in [0.15, 0.2) is 17.3 Å². The maximum absolute atomic E-state index is 6.18. The van der Waals surface area contributed by atoms with Gasteiger partial charge in [-0.1, -0.05) is 57.5 Å². The van der Waals surface area contributed by atoms with Gasteiger partial charge in [0.2, 0.25) is 11.9 Å². The number of thioether (sulfide) groups is 1.